The molecule has 1 unspecified atom stereocenters. The van der Waals surface area contributed by atoms with Crippen molar-refractivity contribution >= 4 is 17.5 Å². The van der Waals surface area contributed by atoms with Crippen molar-refractivity contribution in [1.29, 1.82) is 0 Å². The SMILES string of the molecule is COC1(COc2cccc(Cl)c2)COCCN(Cc2ccc(OCCCN3CCCCC3=O)cc2)C1. The second-order valence-corrected chi connectivity index (χ2v) is 10.0. The number of rotatable bonds is 11. The number of hydrogen-bond acceptors (Lipinski definition) is 6. The van der Waals surface area contributed by atoms with Crippen molar-refractivity contribution in [1.82, 2.24) is 9.80 Å². The minimum Gasteiger partial charge on any atom is -0.494 e. The van der Waals surface area contributed by atoms with Crippen LogP contribution in [0.2, 0.25) is 5.02 Å². The van der Waals surface area contributed by atoms with Crippen molar-refractivity contribution in [2.45, 2.75) is 37.8 Å². The lowest BCUT2D eigenvalue weighted by atomic mass is 10.1. The summed E-state index contributed by atoms with van der Waals surface area (Å²) in [6.45, 7) is 6.03. The van der Waals surface area contributed by atoms with E-state index in [1.54, 1.807) is 13.2 Å². The number of hydrogen-bond donors (Lipinski definition) is 0. The Labute approximate surface area is 219 Å². The highest BCUT2D eigenvalue weighted by Crippen LogP contribution is 2.23. The summed E-state index contributed by atoms with van der Waals surface area (Å²) in [5.41, 5.74) is 0.626. The average molecular weight is 517 g/mol. The molecule has 7 nitrogen and oxygen atoms in total. The molecular weight excluding hydrogens is 480 g/mol. The Morgan fingerprint density at radius 3 is 2.69 bits per heavy atom. The van der Waals surface area contributed by atoms with Gasteiger partial charge in [-0.2, -0.15) is 0 Å². The van der Waals surface area contributed by atoms with Crippen molar-refractivity contribution in [2.24, 2.45) is 0 Å². The van der Waals surface area contributed by atoms with Gasteiger partial charge in [-0.05, 0) is 55.2 Å². The van der Waals surface area contributed by atoms with Gasteiger partial charge in [-0.3, -0.25) is 9.69 Å². The van der Waals surface area contributed by atoms with Crippen LogP contribution in [0.4, 0.5) is 0 Å². The summed E-state index contributed by atoms with van der Waals surface area (Å²) >= 11 is 6.09. The van der Waals surface area contributed by atoms with Gasteiger partial charge in [0, 0.05) is 51.3 Å². The summed E-state index contributed by atoms with van der Waals surface area (Å²) in [5, 5.41) is 0.641. The fourth-order valence-electron chi connectivity index (χ4n) is 4.65. The summed E-state index contributed by atoms with van der Waals surface area (Å²) < 4.78 is 23.8. The molecule has 1 amide bonds. The first-order valence-electron chi connectivity index (χ1n) is 12.8. The van der Waals surface area contributed by atoms with Gasteiger partial charge < -0.3 is 23.8 Å². The van der Waals surface area contributed by atoms with Crippen molar-refractivity contribution in [3.05, 3.63) is 59.1 Å². The van der Waals surface area contributed by atoms with Crippen molar-refractivity contribution < 1.29 is 23.7 Å². The molecule has 0 spiro atoms. The van der Waals surface area contributed by atoms with Crippen LogP contribution in [0, 0.1) is 0 Å². The third kappa shape index (κ3) is 7.84. The van der Waals surface area contributed by atoms with Gasteiger partial charge in [0.05, 0.1) is 19.8 Å². The molecule has 0 N–H and O–H groups in total. The summed E-state index contributed by atoms with van der Waals surface area (Å²) in [6, 6.07) is 15.6. The number of benzene rings is 2. The van der Waals surface area contributed by atoms with Crippen molar-refractivity contribution in [3.8, 4) is 11.5 Å². The first-order valence-corrected chi connectivity index (χ1v) is 13.2. The molecule has 2 aromatic carbocycles. The van der Waals surface area contributed by atoms with Crippen molar-refractivity contribution in [2.75, 3.05) is 59.7 Å². The van der Waals surface area contributed by atoms with Gasteiger partial charge in [-0.25, -0.2) is 0 Å². The molecule has 2 heterocycles. The monoisotopic (exact) mass is 516 g/mol. The number of ether oxygens (including phenoxy) is 4. The lowest BCUT2D eigenvalue weighted by Gasteiger charge is -2.34. The molecule has 0 bridgehead atoms. The quantitative estimate of drug-likeness (QED) is 0.412. The maximum absolute atomic E-state index is 11.9. The molecule has 2 aliphatic heterocycles. The van der Waals surface area contributed by atoms with E-state index in [0.717, 1.165) is 51.2 Å². The number of likely N-dealkylation sites (tertiary alicyclic amines) is 1. The summed E-state index contributed by atoms with van der Waals surface area (Å²) in [4.78, 5) is 16.2. The molecule has 4 rings (SSSR count). The minimum absolute atomic E-state index is 0.276. The van der Waals surface area contributed by atoms with Crippen LogP contribution in [-0.4, -0.2) is 81.0 Å². The Morgan fingerprint density at radius 2 is 1.92 bits per heavy atom. The van der Waals surface area contributed by atoms with Crippen LogP contribution < -0.4 is 9.47 Å². The summed E-state index contributed by atoms with van der Waals surface area (Å²) in [5.74, 6) is 1.84. The Hall–Kier alpha value is -2.32. The maximum atomic E-state index is 11.9. The Bertz CT molecular complexity index is 973. The van der Waals surface area contributed by atoms with Crippen LogP contribution in [-0.2, 0) is 20.8 Å². The third-order valence-electron chi connectivity index (χ3n) is 6.75. The van der Waals surface area contributed by atoms with E-state index < -0.39 is 5.60 Å². The van der Waals surface area contributed by atoms with E-state index in [4.69, 9.17) is 30.5 Å². The van der Waals surface area contributed by atoms with Crippen LogP contribution in [0.15, 0.2) is 48.5 Å². The fourth-order valence-corrected chi connectivity index (χ4v) is 4.83. The largest absolute Gasteiger partial charge is 0.494 e. The summed E-state index contributed by atoms with van der Waals surface area (Å²) in [6.07, 6.45) is 3.66. The van der Waals surface area contributed by atoms with E-state index >= 15 is 0 Å². The Morgan fingerprint density at radius 1 is 1.06 bits per heavy atom. The van der Waals surface area contributed by atoms with Crippen LogP contribution in [0.5, 0.6) is 11.5 Å². The molecule has 196 valence electrons. The number of amides is 1. The van der Waals surface area contributed by atoms with Gasteiger partial charge in [-0.15, -0.1) is 0 Å². The zero-order valence-corrected chi connectivity index (χ0v) is 21.9. The van der Waals surface area contributed by atoms with Gasteiger partial charge in [0.2, 0.25) is 5.91 Å². The molecule has 2 aliphatic rings. The topological polar surface area (TPSA) is 60.5 Å². The predicted octanol–water partition coefficient (Wildman–Crippen LogP) is 4.42. The van der Waals surface area contributed by atoms with Crippen LogP contribution in [0.1, 0.15) is 31.2 Å². The smallest absolute Gasteiger partial charge is 0.222 e. The van der Waals surface area contributed by atoms with Gasteiger partial charge in [0.25, 0.3) is 0 Å². The second kappa shape index (κ2) is 13.3. The first-order chi connectivity index (χ1) is 17.5. The van der Waals surface area contributed by atoms with Gasteiger partial charge in [-0.1, -0.05) is 29.8 Å². The minimum atomic E-state index is -0.572. The highest BCUT2D eigenvalue weighted by molar-refractivity contribution is 6.30. The van der Waals surface area contributed by atoms with E-state index in [-0.39, 0.29) is 5.91 Å². The van der Waals surface area contributed by atoms with Crippen LogP contribution in [0.3, 0.4) is 0 Å². The molecule has 1 atom stereocenters. The Kier molecular flexibility index (Phi) is 9.87. The molecule has 2 saturated heterocycles. The van der Waals surface area contributed by atoms with E-state index in [1.165, 1.54) is 5.56 Å². The molecule has 36 heavy (non-hydrogen) atoms. The van der Waals surface area contributed by atoms with Crippen LogP contribution in [0.25, 0.3) is 0 Å². The molecule has 0 aromatic heterocycles. The molecular formula is C28H37ClN2O5. The average Bonchev–Trinajstić information content (AvgIpc) is 3.10. The van der Waals surface area contributed by atoms with E-state index in [0.29, 0.717) is 50.2 Å². The van der Waals surface area contributed by atoms with Gasteiger partial charge >= 0.3 is 0 Å². The van der Waals surface area contributed by atoms with Crippen molar-refractivity contribution in [3.63, 3.8) is 0 Å². The number of methoxy groups -OCH3 is 1. The summed E-state index contributed by atoms with van der Waals surface area (Å²) in [7, 11) is 1.71. The molecule has 0 saturated carbocycles. The van der Waals surface area contributed by atoms with Gasteiger partial charge in [0.1, 0.15) is 23.7 Å². The molecule has 0 aliphatic carbocycles. The lowest BCUT2D eigenvalue weighted by Crippen LogP contribution is -2.50. The Balaban J connectivity index is 1.25. The number of piperidine rings is 1. The van der Waals surface area contributed by atoms with E-state index in [2.05, 4.69) is 17.0 Å². The number of nitrogens with zero attached hydrogens (tertiary/aromatic N) is 2. The fraction of sp³-hybridized carbons (Fsp3) is 0.536. The van der Waals surface area contributed by atoms with Gasteiger partial charge in [0.15, 0.2) is 0 Å². The molecule has 0 radical (unpaired) electrons. The molecule has 2 fully saturated rings. The van der Waals surface area contributed by atoms with E-state index in [9.17, 15) is 4.79 Å². The number of carbonyl (C=O) groups excluding carboxylic acids is 1. The molecule has 8 heteroatoms. The third-order valence-corrected chi connectivity index (χ3v) is 6.99. The predicted molar refractivity (Wildman–Crippen MR) is 140 cm³/mol. The maximum Gasteiger partial charge on any atom is 0.222 e. The zero-order valence-electron chi connectivity index (χ0n) is 21.1. The standard InChI is InChI=1S/C28H37ClN2O5/c1-33-28(22-36-26-7-4-6-24(29)18-26)20-30(15-17-34-21-28)19-23-9-11-25(12-10-23)35-16-5-14-31-13-3-2-8-27(31)32/h4,6-7,9-12,18H,2-3,5,8,13-17,19-22H2,1H3. The van der Waals surface area contributed by atoms with Crippen LogP contribution >= 0.6 is 11.6 Å². The lowest BCUT2D eigenvalue weighted by molar-refractivity contribution is -0.133. The highest BCUT2D eigenvalue weighted by Gasteiger charge is 2.36. The second-order valence-electron chi connectivity index (χ2n) is 9.58. The highest BCUT2D eigenvalue weighted by atomic mass is 35.5. The zero-order chi connectivity index (χ0) is 25.2. The number of carbonyl (C=O) groups is 1. The number of halogens is 1. The van der Waals surface area contributed by atoms with E-state index in [1.807, 2.05) is 35.2 Å². The normalized spacial score (nSPS) is 21.3. The molecule has 2 aromatic rings. The first kappa shape index (κ1) is 26.7.